The number of hydrogen-bond donors (Lipinski definition) is 8. The lowest BCUT2D eigenvalue weighted by Crippen LogP contribution is -2.62. The summed E-state index contributed by atoms with van der Waals surface area (Å²) < 4.78 is 63.9. The van der Waals surface area contributed by atoms with E-state index in [1.807, 2.05) is 30.0 Å². The fraction of sp³-hybridized carbons (Fsp3) is 0.471. The molecule has 5 aromatic rings. The van der Waals surface area contributed by atoms with Crippen molar-refractivity contribution in [3.8, 4) is 11.8 Å². The molecule has 4 saturated heterocycles. The average molecular weight is 1420 g/mol. The number of nitrogens with two attached hydrogens (primary N) is 1. The minimum absolute atomic E-state index is 0.0548. The first kappa shape index (κ1) is 72.0. The van der Waals surface area contributed by atoms with Gasteiger partial charge in [0.15, 0.2) is 0 Å². The van der Waals surface area contributed by atoms with Crippen LogP contribution in [0.25, 0.3) is 10.1 Å². The first-order valence-electron chi connectivity index (χ1n) is 33.7. The third kappa shape index (κ3) is 17.3. The maximum Gasteiger partial charge on any atom is 0.389 e. The van der Waals surface area contributed by atoms with Crippen LogP contribution >= 0.6 is 19.9 Å². The predicted octanol–water partition coefficient (Wildman–Crippen LogP) is 6.52. The van der Waals surface area contributed by atoms with E-state index in [1.165, 1.54) is 28.4 Å². The van der Waals surface area contributed by atoms with Gasteiger partial charge in [0.05, 0.1) is 15.3 Å². The van der Waals surface area contributed by atoms with E-state index in [0.29, 0.717) is 92.0 Å². The number of primary amides is 1. The second-order valence-electron chi connectivity index (χ2n) is 26.3. The molecule has 1 unspecified atom stereocenters. The number of likely N-dealkylation sites (N-methyl/N-ethyl adjacent to an activating group) is 1. The molecule has 0 spiro atoms. The predicted molar refractivity (Wildman–Crippen MR) is 363 cm³/mol. The lowest BCUT2D eigenvalue weighted by Gasteiger charge is -2.38. The lowest BCUT2D eigenvalue weighted by atomic mass is 9.84. The van der Waals surface area contributed by atoms with Crippen LogP contribution in [-0.2, 0) is 67.2 Å². The number of benzene rings is 4. The molecule has 9 N–H and O–H groups in total. The minimum Gasteiger partial charge on any atom is -0.370 e. The van der Waals surface area contributed by atoms with E-state index in [4.69, 9.17) is 15.5 Å². The molecular formula is C70H81F2N10O14PS2. The van der Waals surface area contributed by atoms with E-state index >= 15 is 0 Å². The van der Waals surface area contributed by atoms with Gasteiger partial charge in [0.2, 0.25) is 41.4 Å². The highest BCUT2D eigenvalue weighted by Crippen LogP contribution is 2.43. The number of piperidine rings is 2. The summed E-state index contributed by atoms with van der Waals surface area (Å²) in [5, 5.41) is 11.0. The van der Waals surface area contributed by atoms with Crippen molar-refractivity contribution in [2.45, 2.75) is 176 Å². The van der Waals surface area contributed by atoms with E-state index < -0.39 is 108 Å². The van der Waals surface area contributed by atoms with E-state index in [0.717, 1.165) is 60.3 Å². The Bertz CT molecular complexity index is 4080. The standard InChI is InChI=1S/C70H81F2N10O14PS2/c1-2-79-34-33-50-22-26-58(82(50)69(91)56(41-79)76-66(88)60-39-47-38-48(19-28-59(47)98-60)70(71,72)96-97(92)93)65(87)74-54(25-29-61(73)83)63(85)75-55(37-43-15-20-49(21-16-43)78-99(94,95)51-23-17-45(18-24-51)44-10-4-3-5-11-44)68(90)80-35-31-42(32-36-80)9-6-7-12-46-13-8-14-52-53(46)40-81(67(52)89)57-27-30-62(84)77-64(57)86/h8,13-21,23-24,28,38-39,42,44,50,54-58,78,92-93H,2-6,9-11,22,25-27,29-37,40-41H2,1H3,(H2,73,83)(H,74,87)(H,75,85)(H,76,88)(H,77,84,86)/t50-,54+,55+,56+,57?,58+/m1/s1. The molecular weight excluding hydrogens is 1340 g/mol. The number of anilines is 1. The van der Waals surface area contributed by atoms with Crippen molar-refractivity contribution in [2.24, 2.45) is 11.7 Å². The van der Waals surface area contributed by atoms with Gasteiger partial charge in [0.25, 0.3) is 21.8 Å². The zero-order chi connectivity index (χ0) is 70.3. The van der Waals surface area contributed by atoms with Crippen LogP contribution < -0.4 is 31.7 Å². The Morgan fingerprint density at radius 3 is 2.31 bits per heavy atom. The molecule has 6 atom stereocenters. The lowest BCUT2D eigenvalue weighted by molar-refractivity contribution is -0.189. The number of amides is 9. The molecule has 4 aromatic carbocycles. The van der Waals surface area contributed by atoms with Gasteiger partial charge in [-0.25, -0.2) is 12.9 Å². The number of rotatable bonds is 23. The van der Waals surface area contributed by atoms with Crippen molar-refractivity contribution in [3.63, 3.8) is 0 Å². The average Bonchev–Trinajstić information content (AvgIpc) is 1.64. The van der Waals surface area contributed by atoms with Crippen LogP contribution in [0.3, 0.4) is 0 Å². The number of thiophene rings is 1. The Morgan fingerprint density at radius 1 is 0.859 bits per heavy atom. The molecule has 99 heavy (non-hydrogen) atoms. The van der Waals surface area contributed by atoms with Gasteiger partial charge in [-0.15, -0.1) is 11.3 Å². The van der Waals surface area contributed by atoms with Crippen molar-refractivity contribution in [1.29, 1.82) is 0 Å². The molecule has 6 heterocycles. The van der Waals surface area contributed by atoms with Crippen molar-refractivity contribution < 1.29 is 74.7 Å². The van der Waals surface area contributed by atoms with Gasteiger partial charge in [0, 0.05) is 86.0 Å². The molecule has 1 aliphatic carbocycles. The van der Waals surface area contributed by atoms with E-state index in [9.17, 15) is 60.3 Å². The zero-order valence-electron chi connectivity index (χ0n) is 54.7. The molecule has 11 rings (SSSR count). The number of sulfonamides is 1. The summed E-state index contributed by atoms with van der Waals surface area (Å²) >= 11 is 0.976. The SMILES string of the molecule is CCN1CC[C@H]2CC[C@@H](C(=O)N[C@@H](CCC(N)=O)C(=O)N[C@@H](Cc3ccc(NS(=O)(=O)c4ccc(C5CCCCC5)cc4)cc3)C(=O)N3CCC(CCC#Cc4cccc5c4CN(C4CCC(=O)NC4=O)C5=O)CC3)N2C(=O)[C@@H](NC(=O)c2cc3cc(C(F)(F)OP(O)O)ccc3s2)C1. The van der Waals surface area contributed by atoms with Gasteiger partial charge in [-0.2, -0.15) is 8.78 Å². The highest BCUT2D eigenvalue weighted by Gasteiger charge is 2.47. The number of nitrogens with one attached hydrogen (secondary N) is 5. The molecule has 5 aliphatic heterocycles. The number of nitrogens with zero attached hydrogens (tertiary/aromatic N) is 4. The number of hydrogen-bond acceptors (Lipinski definition) is 16. The summed E-state index contributed by atoms with van der Waals surface area (Å²) in [6.45, 7) is 3.80. The van der Waals surface area contributed by atoms with Crippen LogP contribution in [-0.4, -0.2) is 160 Å². The van der Waals surface area contributed by atoms with Gasteiger partial charge in [-0.1, -0.05) is 68.4 Å². The van der Waals surface area contributed by atoms with Crippen LogP contribution in [0.5, 0.6) is 0 Å². The minimum atomic E-state index is -4.05. The summed E-state index contributed by atoms with van der Waals surface area (Å²) in [4.78, 5) is 149. The first-order chi connectivity index (χ1) is 47.4. The Labute approximate surface area is 577 Å². The molecule has 0 radical (unpaired) electrons. The monoisotopic (exact) mass is 1420 g/mol. The topological polar surface area (TPSA) is 337 Å². The Morgan fingerprint density at radius 2 is 1.61 bits per heavy atom. The summed E-state index contributed by atoms with van der Waals surface area (Å²) in [5.41, 5.74) is 8.72. The van der Waals surface area contributed by atoms with E-state index in [1.54, 1.807) is 53.4 Å². The summed E-state index contributed by atoms with van der Waals surface area (Å²) in [6.07, 6.45) is 4.64. The number of fused-ring (bicyclic) bond motifs is 3. The number of halogens is 2. The molecule has 526 valence electrons. The molecule has 9 amide bonds. The fourth-order valence-corrected chi connectivity index (χ4v) is 16.7. The van der Waals surface area contributed by atoms with Crippen LogP contribution in [0.1, 0.15) is 163 Å². The molecule has 6 aliphatic rings. The molecule has 1 saturated carbocycles. The van der Waals surface area contributed by atoms with Gasteiger partial charge >= 0.3 is 14.7 Å². The normalized spacial score (nSPS) is 21.0. The first-order valence-corrected chi connectivity index (χ1v) is 37.2. The maximum absolute atomic E-state index is 15.0. The smallest absolute Gasteiger partial charge is 0.370 e. The van der Waals surface area contributed by atoms with Crippen molar-refractivity contribution >= 4 is 98.9 Å². The molecule has 24 nitrogen and oxygen atoms in total. The number of imide groups is 1. The highest BCUT2D eigenvalue weighted by molar-refractivity contribution is 7.92. The van der Waals surface area contributed by atoms with Crippen LogP contribution in [0.2, 0.25) is 0 Å². The fourth-order valence-electron chi connectivity index (χ4n) is 14.4. The van der Waals surface area contributed by atoms with Gasteiger partial charge in [0.1, 0.15) is 30.2 Å². The van der Waals surface area contributed by atoms with E-state index in [-0.39, 0.29) is 90.2 Å². The Hall–Kier alpha value is -8.29. The number of likely N-dealkylation sites (tertiary alicyclic amines) is 1. The second-order valence-corrected chi connectivity index (χ2v) is 29.8. The number of carbonyl (C=O) groups excluding carboxylic acids is 9. The molecule has 29 heteroatoms. The summed E-state index contributed by atoms with van der Waals surface area (Å²) in [6, 6.07) is 17.2. The Kier molecular flexibility index (Phi) is 22.9. The van der Waals surface area contributed by atoms with Crippen LogP contribution in [0.4, 0.5) is 14.5 Å². The quantitative estimate of drug-likeness (QED) is 0.0196. The van der Waals surface area contributed by atoms with E-state index in [2.05, 4.69) is 42.4 Å². The maximum atomic E-state index is 15.0. The van der Waals surface area contributed by atoms with Crippen molar-refractivity contribution in [2.75, 3.05) is 37.4 Å². The number of alkyl halides is 2. The molecule has 1 aromatic heterocycles. The van der Waals surface area contributed by atoms with Crippen LogP contribution in [0.15, 0.2) is 95.9 Å². The van der Waals surface area contributed by atoms with Crippen LogP contribution in [0, 0.1) is 17.8 Å². The van der Waals surface area contributed by atoms with Crippen molar-refractivity contribution in [1.82, 2.24) is 40.9 Å². The third-order valence-electron chi connectivity index (χ3n) is 19.9. The van der Waals surface area contributed by atoms with Gasteiger partial charge in [-0.3, -0.25) is 53.2 Å². The summed E-state index contributed by atoms with van der Waals surface area (Å²) in [7, 11) is -7.41. The molecule has 0 bridgehead atoms. The third-order valence-corrected chi connectivity index (χ3v) is 22.8. The van der Waals surface area contributed by atoms with Crippen molar-refractivity contribution in [3.05, 3.63) is 129 Å². The Balaban J connectivity index is 0.775. The second kappa shape index (κ2) is 31.5. The highest BCUT2D eigenvalue weighted by atomic mass is 32.2. The number of carbonyl (C=O) groups is 9. The molecule has 5 fully saturated rings. The largest absolute Gasteiger partial charge is 0.389 e. The van der Waals surface area contributed by atoms with Gasteiger partial charge in [-0.05, 0) is 165 Å². The zero-order valence-corrected chi connectivity index (χ0v) is 57.2. The summed E-state index contributed by atoms with van der Waals surface area (Å²) in [5.74, 6) is 1.86. The van der Waals surface area contributed by atoms with Gasteiger partial charge < -0.3 is 51.1 Å².